The van der Waals surface area contributed by atoms with Crippen LogP contribution in [0.2, 0.25) is 10.0 Å². The Kier molecular flexibility index (Phi) is 6.58. The van der Waals surface area contributed by atoms with Gasteiger partial charge in [-0.15, -0.1) is 21.5 Å². The van der Waals surface area contributed by atoms with Crippen LogP contribution in [0.3, 0.4) is 0 Å². The van der Waals surface area contributed by atoms with Crippen molar-refractivity contribution in [3.8, 4) is 0 Å². The van der Waals surface area contributed by atoms with E-state index in [1.165, 1.54) is 16.6 Å². The monoisotopic (exact) mass is 426 g/mol. The second-order valence-corrected chi connectivity index (χ2v) is 8.69. The van der Waals surface area contributed by atoms with Gasteiger partial charge in [-0.25, -0.2) is 0 Å². The zero-order valence-electron chi connectivity index (χ0n) is 13.9. The highest BCUT2D eigenvalue weighted by molar-refractivity contribution is 8.00. The van der Waals surface area contributed by atoms with Gasteiger partial charge in [0.05, 0.1) is 16.0 Å². The van der Waals surface area contributed by atoms with Gasteiger partial charge in [0, 0.05) is 16.4 Å². The van der Waals surface area contributed by atoms with E-state index in [1.54, 1.807) is 35.9 Å². The molecule has 0 bridgehead atoms. The van der Waals surface area contributed by atoms with Gasteiger partial charge in [0.25, 0.3) is 0 Å². The Balaban J connectivity index is 1.60. The van der Waals surface area contributed by atoms with Crippen molar-refractivity contribution in [1.29, 1.82) is 0 Å². The van der Waals surface area contributed by atoms with Crippen LogP contribution in [-0.4, -0.2) is 25.9 Å². The molecule has 1 unspecified atom stereocenters. The van der Waals surface area contributed by atoms with E-state index in [0.717, 1.165) is 13.0 Å². The molecule has 0 fully saturated rings. The van der Waals surface area contributed by atoms with Gasteiger partial charge in [0.1, 0.15) is 6.33 Å². The molecule has 5 nitrogen and oxygen atoms in total. The second-order valence-electron chi connectivity index (χ2n) is 5.51. The standard InChI is InChI=1S/C17H16Cl2N4OS2/c1-11(16(24)21-15-9-12(18)4-5-14(15)19)26-17-22-20-10-23(17)7-6-13-3-2-8-25-13/h2-5,8-11H,6-7H2,1H3,(H,21,24). The van der Waals surface area contributed by atoms with Crippen LogP contribution in [0, 0.1) is 0 Å². The summed E-state index contributed by atoms with van der Waals surface area (Å²) in [6.45, 7) is 2.58. The number of nitrogens with one attached hydrogen (secondary N) is 1. The molecule has 3 aromatic rings. The molecule has 2 heterocycles. The fourth-order valence-electron chi connectivity index (χ4n) is 2.21. The van der Waals surface area contributed by atoms with Crippen molar-refractivity contribution < 1.29 is 4.79 Å². The largest absolute Gasteiger partial charge is 0.324 e. The van der Waals surface area contributed by atoms with Gasteiger partial charge in [0.15, 0.2) is 5.16 Å². The highest BCUT2D eigenvalue weighted by Crippen LogP contribution is 2.27. The average Bonchev–Trinajstić information content (AvgIpc) is 3.28. The lowest BCUT2D eigenvalue weighted by Crippen LogP contribution is -2.23. The summed E-state index contributed by atoms with van der Waals surface area (Å²) in [6, 6.07) is 9.09. The number of amides is 1. The van der Waals surface area contributed by atoms with E-state index < -0.39 is 0 Å². The van der Waals surface area contributed by atoms with Gasteiger partial charge in [-0.1, -0.05) is 41.0 Å². The molecule has 136 valence electrons. The maximum Gasteiger partial charge on any atom is 0.237 e. The minimum absolute atomic E-state index is 0.174. The van der Waals surface area contributed by atoms with E-state index in [-0.39, 0.29) is 11.2 Å². The molecule has 9 heteroatoms. The molecule has 0 aliphatic heterocycles. The smallest absolute Gasteiger partial charge is 0.237 e. The summed E-state index contributed by atoms with van der Waals surface area (Å²) < 4.78 is 1.96. The van der Waals surface area contributed by atoms with Crippen LogP contribution >= 0.6 is 46.3 Å². The van der Waals surface area contributed by atoms with Crippen molar-refractivity contribution >= 4 is 57.9 Å². The van der Waals surface area contributed by atoms with Gasteiger partial charge in [-0.3, -0.25) is 4.79 Å². The molecule has 1 N–H and O–H groups in total. The van der Waals surface area contributed by atoms with Crippen molar-refractivity contribution in [1.82, 2.24) is 14.8 Å². The SMILES string of the molecule is CC(Sc1nncn1CCc1cccs1)C(=O)Nc1cc(Cl)ccc1Cl. The Bertz CT molecular complexity index is 883. The Hall–Kier alpha value is -1.54. The molecule has 0 saturated heterocycles. The molecule has 26 heavy (non-hydrogen) atoms. The third kappa shape index (κ3) is 5.01. The van der Waals surface area contributed by atoms with Crippen molar-refractivity contribution in [3.05, 3.63) is 57.0 Å². The van der Waals surface area contributed by atoms with E-state index in [0.29, 0.717) is 20.9 Å². The number of halogens is 2. The Morgan fingerprint density at radius 1 is 1.38 bits per heavy atom. The number of nitrogens with zero attached hydrogens (tertiary/aromatic N) is 3. The summed E-state index contributed by atoms with van der Waals surface area (Å²) in [5, 5.41) is 14.3. The van der Waals surface area contributed by atoms with Crippen molar-refractivity contribution in [3.63, 3.8) is 0 Å². The van der Waals surface area contributed by atoms with Crippen LogP contribution in [0.5, 0.6) is 0 Å². The lowest BCUT2D eigenvalue weighted by Gasteiger charge is -2.13. The summed E-state index contributed by atoms with van der Waals surface area (Å²) in [6.07, 6.45) is 2.59. The first-order chi connectivity index (χ1) is 12.5. The number of aryl methyl sites for hydroxylation is 2. The fourth-order valence-corrected chi connectivity index (χ4v) is 4.10. The minimum atomic E-state index is -0.366. The normalized spacial score (nSPS) is 12.1. The molecule has 2 aromatic heterocycles. The number of thiophene rings is 1. The van der Waals surface area contributed by atoms with Crippen LogP contribution in [-0.2, 0) is 17.8 Å². The van der Waals surface area contributed by atoms with E-state index in [4.69, 9.17) is 23.2 Å². The van der Waals surface area contributed by atoms with Crippen LogP contribution in [0.25, 0.3) is 0 Å². The van der Waals surface area contributed by atoms with Gasteiger partial charge in [-0.05, 0) is 43.0 Å². The number of carbonyl (C=O) groups is 1. The van der Waals surface area contributed by atoms with E-state index >= 15 is 0 Å². The molecule has 1 atom stereocenters. The summed E-state index contributed by atoms with van der Waals surface area (Å²) >= 11 is 15.1. The van der Waals surface area contributed by atoms with Gasteiger partial charge < -0.3 is 9.88 Å². The number of thioether (sulfide) groups is 1. The van der Waals surface area contributed by atoms with Crippen LogP contribution in [0.15, 0.2) is 47.2 Å². The predicted octanol–water partition coefficient (Wildman–Crippen LogP) is 5.01. The summed E-state index contributed by atoms with van der Waals surface area (Å²) in [7, 11) is 0. The first-order valence-corrected chi connectivity index (χ1v) is 10.4. The summed E-state index contributed by atoms with van der Waals surface area (Å²) in [5.74, 6) is -0.174. The number of aromatic nitrogens is 3. The van der Waals surface area contributed by atoms with Crippen LogP contribution < -0.4 is 5.32 Å². The quantitative estimate of drug-likeness (QED) is 0.539. The molecular formula is C17H16Cl2N4OS2. The summed E-state index contributed by atoms with van der Waals surface area (Å²) in [4.78, 5) is 13.8. The van der Waals surface area contributed by atoms with E-state index in [1.807, 2.05) is 17.6 Å². The highest BCUT2D eigenvalue weighted by atomic mass is 35.5. The lowest BCUT2D eigenvalue weighted by atomic mass is 10.3. The molecule has 0 radical (unpaired) electrons. The molecule has 0 aliphatic rings. The zero-order valence-corrected chi connectivity index (χ0v) is 17.0. The van der Waals surface area contributed by atoms with E-state index in [9.17, 15) is 4.79 Å². The number of rotatable bonds is 7. The van der Waals surface area contributed by atoms with Gasteiger partial charge >= 0.3 is 0 Å². The maximum absolute atomic E-state index is 12.5. The molecule has 0 spiro atoms. The molecule has 0 saturated carbocycles. The molecule has 3 rings (SSSR count). The number of benzene rings is 1. The van der Waals surface area contributed by atoms with Crippen LogP contribution in [0.1, 0.15) is 11.8 Å². The molecule has 1 aromatic carbocycles. The van der Waals surface area contributed by atoms with Crippen LogP contribution in [0.4, 0.5) is 5.69 Å². The Labute approximate surface area is 169 Å². The number of hydrogen-bond acceptors (Lipinski definition) is 5. The Morgan fingerprint density at radius 2 is 2.23 bits per heavy atom. The topological polar surface area (TPSA) is 59.8 Å². The van der Waals surface area contributed by atoms with E-state index in [2.05, 4.69) is 27.0 Å². The maximum atomic E-state index is 12.5. The zero-order chi connectivity index (χ0) is 18.5. The van der Waals surface area contributed by atoms with Crippen molar-refractivity contribution in [2.24, 2.45) is 0 Å². The highest BCUT2D eigenvalue weighted by Gasteiger charge is 2.19. The predicted molar refractivity (Wildman–Crippen MR) is 108 cm³/mol. The van der Waals surface area contributed by atoms with Gasteiger partial charge in [-0.2, -0.15) is 0 Å². The Morgan fingerprint density at radius 3 is 3.00 bits per heavy atom. The first kappa shape index (κ1) is 19.2. The minimum Gasteiger partial charge on any atom is -0.324 e. The first-order valence-electron chi connectivity index (χ1n) is 7.85. The number of hydrogen-bond donors (Lipinski definition) is 1. The fraction of sp³-hybridized carbons (Fsp3) is 0.235. The number of carbonyl (C=O) groups excluding carboxylic acids is 1. The average molecular weight is 427 g/mol. The summed E-state index contributed by atoms with van der Waals surface area (Å²) in [5.41, 5.74) is 0.496. The third-order valence-corrected chi connectivity index (χ3v) is 6.19. The third-order valence-electron chi connectivity index (χ3n) is 3.60. The van der Waals surface area contributed by atoms with Gasteiger partial charge in [0.2, 0.25) is 5.91 Å². The lowest BCUT2D eigenvalue weighted by molar-refractivity contribution is -0.115. The molecule has 0 aliphatic carbocycles. The molecule has 1 amide bonds. The van der Waals surface area contributed by atoms with Crippen molar-refractivity contribution in [2.45, 2.75) is 30.3 Å². The number of anilines is 1. The second kappa shape index (κ2) is 8.90. The molecular weight excluding hydrogens is 411 g/mol. The van der Waals surface area contributed by atoms with Crippen molar-refractivity contribution in [2.75, 3.05) is 5.32 Å².